The van der Waals surface area contributed by atoms with E-state index < -0.39 is 23.9 Å². The van der Waals surface area contributed by atoms with Gasteiger partial charge in [-0.2, -0.15) is 0 Å². The van der Waals surface area contributed by atoms with Gasteiger partial charge in [-0.25, -0.2) is 0 Å². The van der Waals surface area contributed by atoms with Crippen LogP contribution in [0.15, 0.2) is 79.0 Å². The van der Waals surface area contributed by atoms with E-state index in [1.54, 1.807) is 37.5 Å². The Hall–Kier alpha value is -4.73. The summed E-state index contributed by atoms with van der Waals surface area (Å²) in [6.07, 6.45) is 2.48. The summed E-state index contributed by atoms with van der Waals surface area (Å²) in [4.78, 5) is 58.6. The number of fused-ring (bicyclic) bond motifs is 1. The zero-order chi connectivity index (χ0) is 29.0. The topological polar surface area (TPSA) is 130 Å². The van der Waals surface area contributed by atoms with Crippen LogP contribution < -0.4 is 20.7 Å². The Morgan fingerprint density at radius 2 is 1.76 bits per heavy atom. The fourth-order valence-corrected chi connectivity index (χ4v) is 4.53. The van der Waals surface area contributed by atoms with Crippen LogP contribution in [0.25, 0.3) is 0 Å². The maximum absolute atomic E-state index is 13.4. The maximum Gasteiger partial charge on any atom is 0.255 e. The Bertz CT molecular complexity index is 1330. The van der Waals surface area contributed by atoms with E-state index in [9.17, 15) is 19.2 Å². The van der Waals surface area contributed by atoms with Gasteiger partial charge < -0.3 is 25.6 Å². The van der Waals surface area contributed by atoms with Crippen molar-refractivity contribution in [2.45, 2.75) is 37.8 Å². The van der Waals surface area contributed by atoms with E-state index in [0.29, 0.717) is 25.1 Å². The van der Waals surface area contributed by atoms with Gasteiger partial charge in [-0.1, -0.05) is 48.5 Å². The minimum atomic E-state index is -0.985. The van der Waals surface area contributed by atoms with Gasteiger partial charge in [0.15, 0.2) is 0 Å². The van der Waals surface area contributed by atoms with Gasteiger partial charge in [0, 0.05) is 44.7 Å². The number of aromatic nitrogens is 1. The van der Waals surface area contributed by atoms with Gasteiger partial charge in [0.1, 0.15) is 24.4 Å². The van der Waals surface area contributed by atoms with E-state index in [4.69, 9.17) is 4.74 Å². The summed E-state index contributed by atoms with van der Waals surface area (Å²) in [7, 11) is 1.65. The Kier molecular flexibility index (Phi) is 10.4. The van der Waals surface area contributed by atoms with Gasteiger partial charge >= 0.3 is 0 Å². The molecule has 1 aromatic heterocycles. The molecule has 0 aliphatic carbocycles. The number of ether oxygens (including phenoxy) is 1. The minimum absolute atomic E-state index is 0.0398. The number of hydrogen-bond donors (Lipinski definition) is 3. The monoisotopic (exact) mass is 557 g/mol. The Labute approximate surface area is 239 Å². The molecule has 3 N–H and O–H groups in total. The molecule has 214 valence electrons. The normalized spacial score (nSPS) is 18.6. The van der Waals surface area contributed by atoms with E-state index in [2.05, 4.69) is 20.9 Å². The lowest BCUT2D eigenvalue weighted by molar-refractivity contribution is -0.135. The van der Waals surface area contributed by atoms with Crippen LogP contribution in [0.5, 0.6) is 5.75 Å². The molecule has 10 nitrogen and oxygen atoms in total. The van der Waals surface area contributed by atoms with Crippen LogP contribution in [-0.4, -0.2) is 72.3 Å². The van der Waals surface area contributed by atoms with Crippen molar-refractivity contribution in [2.75, 3.05) is 26.7 Å². The van der Waals surface area contributed by atoms with E-state index in [1.807, 2.05) is 48.5 Å². The summed E-state index contributed by atoms with van der Waals surface area (Å²) in [5.41, 5.74) is 1.98. The predicted molar refractivity (Wildman–Crippen MR) is 153 cm³/mol. The highest BCUT2D eigenvalue weighted by Gasteiger charge is 2.28. The lowest BCUT2D eigenvalue weighted by atomic mass is 10.0. The summed E-state index contributed by atoms with van der Waals surface area (Å²) in [6, 6.07) is 19.9. The SMILES string of the molecule is CN1CCOc2ccccc2C(=O)N[C@H](C(=O)NCCc2ccccn2)CCC(=O)N[C@@H](Cc2ccccc2)C1=O. The first kappa shape index (κ1) is 29.3. The molecule has 0 spiro atoms. The molecule has 1 aliphatic rings. The molecule has 0 saturated heterocycles. The summed E-state index contributed by atoms with van der Waals surface area (Å²) in [5, 5.41) is 8.46. The van der Waals surface area contributed by atoms with E-state index in [1.165, 1.54) is 4.90 Å². The van der Waals surface area contributed by atoms with Crippen LogP contribution in [0.1, 0.15) is 34.5 Å². The minimum Gasteiger partial charge on any atom is -0.491 e. The summed E-state index contributed by atoms with van der Waals surface area (Å²) in [6.45, 7) is 0.696. The molecule has 3 aromatic rings. The van der Waals surface area contributed by atoms with Crippen molar-refractivity contribution in [3.8, 4) is 5.75 Å². The first-order chi connectivity index (χ1) is 19.9. The highest BCUT2D eigenvalue weighted by atomic mass is 16.5. The van der Waals surface area contributed by atoms with Crippen LogP contribution in [0, 0.1) is 0 Å². The molecule has 2 aromatic carbocycles. The lowest BCUT2D eigenvalue weighted by Crippen LogP contribution is -2.50. The molecule has 0 bridgehead atoms. The molecule has 0 fully saturated rings. The third-order valence-electron chi connectivity index (χ3n) is 6.80. The summed E-state index contributed by atoms with van der Waals surface area (Å²) >= 11 is 0. The van der Waals surface area contributed by atoms with E-state index in [-0.39, 0.29) is 43.4 Å². The molecule has 2 atom stereocenters. The van der Waals surface area contributed by atoms with Crippen LogP contribution in [0.3, 0.4) is 0 Å². The highest BCUT2D eigenvalue weighted by Crippen LogP contribution is 2.19. The summed E-state index contributed by atoms with van der Waals surface area (Å²) in [5.74, 6) is -1.22. The lowest BCUT2D eigenvalue weighted by Gasteiger charge is -2.25. The first-order valence-electron chi connectivity index (χ1n) is 13.7. The number of benzene rings is 2. The quantitative estimate of drug-likeness (QED) is 0.425. The Balaban J connectivity index is 1.53. The number of hydrogen-bond acceptors (Lipinski definition) is 6. The van der Waals surface area contributed by atoms with Crippen LogP contribution >= 0.6 is 0 Å². The van der Waals surface area contributed by atoms with Crippen molar-refractivity contribution in [3.05, 3.63) is 95.8 Å². The van der Waals surface area contributed by atoms with Crippen molar-refractivity contribution in [2.24, 2.45) is 0 Å². The number of carbonyl (C=O) groups excluding carboxylic acids is 4. The highest BCUT2D eigenvalue weighted by molar-refractivity contribution is 5.99. The molecule has 0 saturated carbocycles. The van der Waals surface area contributed by atoms with Gasteiger partial charge in [0.25, 0.3) is 5.91 Å². The molecule has 4 amide bonds. The fraction of sp³-hybridized carbons (Fsp3) is 0.323. The number of para-hydroxylation sites is 1. The van der Waals surface area contributed by atoms with Crippen LogP contribution in [-0.2, 0) is 27.2 Å². The zero-order valence-corrected chi connectivity index (χ0v) is 23.0. The molecule has 4 rings (SSSR count). The number of nitrogens with one attached hydrogen (secondary N) is 3. The van der Waals surface area contributed by atoms with Crippen LogP contribution in [0.2, 0.25) is 0 Å². The molecular weight excluding hydrogens is 522 g/mol. The predicted octanol–water partition coefficient (Wildman–Crippen LogP) is 1.90. The molecule has 1 aliphatic heterocycles. The summed E-state index contributed by atoms with van der Waals surface area (Å²) < 4.78 is 5.89. The average Bonchev–Trinajstić information content (AvgIpc) is 2.99. The number of amides is 4. The standard InChI is InChI=1S/C31H35N5O5/c1-36-19-20-41-27-13-6-5-12-24(27)29(38)35-25(30(39)33-18-16-23-11-7-8-17-32-23)14-15-28(37)34-26(31(36)40)21-22-9-3-2-4-10-22/h2-13,17,25-26H,14-16,18-21H2,1H3,(H,33,39)(H,34,37)(H,35,38)/t25-,26-/m0/s1. The largest absolute Gasteiger partial charge is 0.491 e. The molecular formula is C31H35N5O5. The average molecular weight is 558 g/mol. The molecule has 0 unspecified atom stereocenters. The fourth-order valence-electron chi connectivity index (χ4n) is 4.53. The molecule has 10 heteroatoms. The second kappa shape index (κ2) is 14.6. The zero-order valence-electron chi connectivity index (χ0n) is 23.0. The maximum atomic E-state index is 13.4. The van der Waals surface area contributed by atoms with Crippen molar-refractivity contribution < 1.29 is 23.9 Å². The molecule has 0 radical (unpaired) electrons. The number of nitrogens with zero attached hydrogens (tertiary/aromatic N) is 2. The van der Waals surface area contributed by atoms with E-state index in [0.717, 1.165) is 11.3 Å². The van der Waals surface area contributed by atoms with Gasteiger partial charge in [-0.3, -0.25) is 24.2 Å². The van der Waals surface area contributed by atoms with Gasteiger partial charge in [-0.15, -0.1) is 0 Å². The third kappa shape index (κ3) is 8.63. The van der Waals surface area contributed by atoms with Crippen molar-refractivity contribution in [1.82, 2.24) is 25.8 Å². The third-order valence-corrected chi connectivity index (χ3v) is 6.80. The van der Waals surface area contributed by atoms with Gasteiger partial charge in [0.05, 0.1) is 12.1 Å². The Morgan fingerprint density at radius 1 is 1.00 bits per heavy atom. The van der Waals surface area contributed by atoms with Gasteiger partial charge in [0.2, 0.25) is 17.7 Å². The van der Waals surface area contributed by atoms with Crippen LogP contribution in [0.4, 0.5) is 0 Å². The smallest absolute Gasteiger partial charge is 0.255 e. The molecule has 2 heterocycles. The number of likely N-dealkylation sites (N-methyl/N-ethyl adjacent to an activating group) is 1. The number of carbonyl (C=O) groups is 4. The molecule has 41 heavy (non-hydrogen) atoms. The second-order valence-electron chi connectivity index (χ2n) is 9.84. The Morgan fingerprint density at radius 3 is 2.54 bits per heavy atom. The van der Waals surface area contributed by atoms with Crippen molar-refractivity contribution in [1.29, 1.82) is 0 Å². The van der Waals surface area contributed by atoms with Crippen molar-refractivity contribution in [3.63, 3.8) is 0 Å². The van der Waals surface area contributed by atoms with Gasteiger partial charge in [-0.05, 0) is 36.2 Å². The number of pyridine rings is 1. The first-order valence-corrected chi connectivity index (χ1v) is 13.7. The second-order valence-corrected chi connectivity index (χ2v) is 9.84. The van der Waals surface area contributed by atoms with E-state index >= 15 is 0 Å². The number of rotatable bonds is 6. The van der Waals surface area contributed by atoms with Crippen molar-refractivity contribution >= 4 is 23.6 Å².